The molecule has 0 unspecified atom stereocenters. The normalized spacial score (nSPS) is 21.7. The van der Waals surface area contributed by atoms with E-state index in [2.05, 4.69) is 10.2 Å². The second-order valence-corrected chi connectivity index (χ2v) is 5.52. The van der Waals surface area contributed by atoms with Gasteiger partial charge in [-0.2, -0.15) is 0 Å². The van der Waals surface area contributed by atoms with Crippen LogP contribution in [0.15, 0.2) is 0 Å². The summed E-state index contributed by atoms with van der Waals surface area (Å²) in [4.78, 5) is 2.66. The Labute approximate surface area is 111 Å². The molecule has 2 aliphatic rings. The maximum Gasteiger partial charge on any atom is 0.0700 e. The number of ether oxygens (including phenoxy) is 2. The first-order chi connectivity index (χ1) is 8.90. The maximum atomic E-state index is 5.59. The van der Waals surface area contributed by atoms with Gasteiger partial charge in [-0.1, -0.05) is 0 Å². The smallest absolute Gasteiger partial charge is 0.0700 e. The molecule has 4 heteroatoms. The second-order valence-electron chi connectivity index (χ2n) is 5.52. The van der Waals surface area contributed by atoms with Crippen LogP contribution in [0.4, 0.5) is 0 Å². The Morgan fingerprint density at radius 1 is 1.06 bits per heavy atom. The van der Waals surface area contributed by atoms with Gasteiger partial charge >= 0.3 is 0 Å². The van der Waals surface area contributed by atoms with Gasteiger partial charge in [0.2, 0.25) is 0 Å². The Hall–Kier alpha value is -0.160. The molecule has 0 aromatic carbocycles. The predicted octanol–water partition coefficient (Wildman–Crippen LogP) is 1.11. The minimum absolute atomic E-state index is 0.706. The van der Waals surface area contributed by atoms with Crippen molar-refractivity contribution in [3.05, 3.63) is 0 Å². The van der Waals surface area contributed by atoms with E-state index in [9.17, 15) is 0 Å². The monoisotopic (exact) mass is 256 g/mol. The standard InChI is InChI=1S/C14H28N2O2/c1-17-10-11-18-9-8-16(14-2-3-14)12-13-4-6-15-7-5-13/h13-15H,2-12H2,1H3. The van der Waals surface area contributed by atoms with Gasteiger partial charge in [-0.15, -0.1) is 0 Å². The van der Waals surface area contributed by atoms with E-state index in [0.717, 1.165) is 31.7 Å². The average Bonchev–Trinajstić information content (AvgIpc) is 3.23. The summed E-state index contributed by atoms with van der Waals surface area (Å²) in [5.74, 6) is 0.894. The number of methoxy groups -OCH3 is 1. The maximum absolute atomic E-state index is 5.59. The average molecular weight is 256 g/mol. The highest BCUT2D eigenvalue weighted by molar-refractivity contribution is 4.86. The molecular formula is C14H28N2O2. The van der Waals surface area contributed by atoms with Crippen molar-refractivity contribution in [2.24, 2.45) is 5.92 Å². The van der Waals surface area contributed by atoms with Crippen LogP contribution < -0.4 is 5.32 Å². The van der Waals surface area contributed by atoms with E-state index in [-0.39, 0.29) is 0 Å². The van der Waals surface area contributed by atoms with Crippen LogP contribution in [0.1, 0.15) is 25.7 Å². The van der Waals surface area contributed by atoms with Gasteiger partial charge < -0.3 is 14.8 Å². The van der Waals surface area contributed by atoms with E-state index in [0.29, 0.717) is 6.61 Å². The molecular weight excluding hydrogens is 228 g/mol. The molecule has 1 aliphatic heterocycles. The minimum atomic E-state index is 0.706. The SMILES string of the molecule is COCCOCCN(CC1CCNCC1)C1CC1. The number of hydrogen-bond donors (Lipinski definition) is 1. The first-order valence-corrected chi connectivity index (χ1v) is 7.41. The van der Waals surface area contributed by atoms with E-state index >= 15 is 0 Å². The summed E-state index contributed by atoms with van der Waals surface area (Å²) in [6.45, 7) is 7.06. The van der Waals surface area contributed by atoms with Gasteiger partial charge in [-0.25, -0.2) is 0 Å². The van der Waals surface area contributed by atoms with Gasteiger partial charge in [-0.3, -0.25) is 4.90 Å². The minimum Gasteiger partial charge on any atom is -0.382 e. The van der Waals surface area contributed by atoms with Crippen molar-refractivity contribution in [3.8, 4) is 0 Å². The quantitative estimate of drug-likeness (QED) is 0.627. The van der Waals surface area contributed by atoms with Crippen molar-refractivity contribution in [2.75, 3.05) is 53.1 Å². The molecule has 1 saturated carbocycles. The highest BCUT2D eigenvalue weighted by atomic mass is 16.5. The summed E-state index contributed by atoms with van der Waals surface area (Å²) in [6.07, 6.45) is 5.47. The van der Waals surface area contributed by atoms with E-state index in [4.69, 9.17) is 9.47 Å². The van der Waals surface area contributed by atoms with Gasteiger partial charge in [0.15, 0.2) is 0 Å². The Balaban J connectivity index is 1.61. The van der Waals surface area contributed by atoms with E-state index in [1.54, 1.807) is 7.11 Å². The first-order valence-electron chi connectivity index (χ1n) is 7.41. The van der Waals surface area contributed by atoms with Gasteiger partial charge in [0.1, 0.15) is 0 Å². The first kappa shape index (κ1) is 14.3. The van der Waals surface area contributed by atoms with Crippen molar-refractivity contribution in [1.29, 1.82) is 0 Å². The fraction of sp³-hybridized carbons (Fsp3) is 1.00. The fourth-order valence-corrected chi connectivity index (χ4v) is 2.68. The van der Waals surface area contributed by atoms with Crippen LogP contribution in [0.25, 0.3) is 0 Å². The van der Waals surface area contributed by atoms with E-state index < -0.39 is 0 Å². The Kier molecular flexibility index (Phi) is 6.41. The van der Waals surface area contributed by atoms with Crippen molar-refractivity contribution in [1.82, 2.24) is 10.2 Å². The molecule has 0 atom stereocenters. The summed E-state index contributed by atoms with van der Waals surface area (Å²) in [6, 6.07) is 0.853. The topological polar surface area (TPSA) is 33.7 Å². The van der Waals surface area contributed by atoms with Gasteiger partial charge in [0.05, 0.1) is 19.8 Å². The molecule has 2 rings (SSSR count). The third kappa shape index (κ3) is 5.22. The highest BCUT2D eigenvalue weighted by Gasteiger charge is 2.30. The van der Waals surface area contributed by atoms with Crippen molar-refractivity contribution >= 4 is 0 Å². The molecule has 1 aliphatic carbocycles. The van der Waals surface area contributed by atoms with Crippen LogP contribution >= 0.6 is 0 Å². The van der Waals surface area contributed by atoms with E-state index in [1.807, 2.05) is 0 Å². The van der Waals surface area contributed by atoms with Crippen LogP contribution in [-0.2, 0) is 9.47 Å². The molecule has 4 nitrogen and oxygen atoms in total. The second kappa shape index (κ2) is 8.10. The number of rotatable bonds is 9. The van der Waals surface area contributed by atoms with Crippen LogP contribution in [-0.4, -0.2) is 64.1 Å². The van der Waals surface area contributed by atoms with E-state index in [1.165, 1.54) is 45.3 Å². The van der Waals surface area contributed by atoms with Crippen LogP contribution in [0, 0.1) is 5.92 Å². The zero-order valence-corrected chi connectivity index (χ0v) is 11.7. The molecule has 1 saturated heterocycles. The van der Waals surface area contributed by atoms with Gasteiger partial charge in [0, 0.05) is 26.2 Å². The third-order valence-corrected chi connectivity index (χ3v) is 3.97. The van der Waals surface area contributed by atoms with Gasteiger partial charge in [-0.05, 0) is 44.7 Å². The molecule has 1 heterocycles. The molecule has 0 radical (unpaired) electrons. The molecule has 0 aromatic rings. The fourth-order valence-electron chi connectivity index (χ4n) is 2.68. The number of hydrogen-bond acceptors (Lipinski definition) is 4. The van der Waals surface area contributed by atoms with Gasteiger partial charge in [0.25, 0.3) is 0 Å². The third-order valence-electron chi connectivity index (χ3n) is 3.97. The Morgan fingerprint density at radius 3 is 2.50 bits per heavy atom. The highest BCUT2D eigenvalue weighted by Crippen LogP contribution is 2.28. The summed E-state index contributed by atoms with van der Waals surface area (Å²) in [5, 5.41) is 3.44. The molecule has 0 bridgehead atoms. The summed E-state index contributed by atoms with van der Waals surface area (Å²) < 4.78 is 10.6. The molecule has 106 valence electrons. The lowest BCUT2D eigenvalue weighted by Crippen LogP contribution is -2.38. The lowest BCUT2D eigenvalue weighted by atomic mass is 9.97. The lowest BCUT2D eigenvalue weighted by Gasteiger charge is -2.30. The molecule has 0 amide bonds. The molecule has 18 heavy (non-hydrogen) atoms. The molecule has 0 aromatic heterocycles. The zero-order chi connectivity index (χ0) is 12.6. The molecule has 2 fully saturated rings. The molecule has 1 N–H and O–H groups in total. The van der Waals surface area contributed by atoms with Crippen molar-refractivity contribution < 1.29 is 9.47 Å². The number of piperidine rings is 1. The molecule has 0 spiro atoms. The summed E-state index contributed by atoms with van der Waals surface area (Å²) >= 11 is 0. The van der Waals surface area contributed by atoms with Crippen LogP contribution in [0.5, 0.6) is 0 Å². The number of nitrogens with zero attached hydrogens (tertiary/aromatic N) is 1. The van der Waals surface area contributed by atoms with Crippen molar-refractivity contribution in [2.45, 2.75) is 31.7 Å². The van der Waals surface area contributed by atoms with Crippen molar-refractivity contribution in [3.63, 3.8) is 0 Å². The summed E-state index contributed by atoms with van der Waals surface area (Å²) in [7, 11) is 1.72. The Bertz CT molecular complexity index is 216. The lowest BCUT2D eigenvalue weighted by molar-refractivity contribution is 0.0521. The predicted molar refractivity (Wildman–Crippen MR) is 72.9 cm³/mol. The summed E-state index contributed by atoms with van der Waals surface area (Å²) in [5.41, 5.74) is 0. The number of nitrogens with one attached hydrogen (secondary N) is 1. The van der Waals surface area contributed by atoms with Crippen LogP contribution in [0.3, 0.4) is 0 Å². The van der Waals surface area contributed by atoms with Crippen LogP contribution in [0.2, 0.25) is 0 Å². The zero-order valence-electron chi connectivity index (χ0n) is 11.7. The largest absolute Gasteiger partial charge is 0.382 e. The Morgan fingerprint density at radius 2 is 1.83 bits per heavy atom.